The molecule has 150 valence electrons. The van der Waals surface area contributed by atoms with E-state index in [1.165, 1.54) is 64.2 Å². The van der Waals surface area contributed by atoms with E-state index in [2.05, 4.69) is 6.92 Å². The summed E-state index contributed by atoms with van der Waals surface area (Å²) in [5.41, 5.74) is -1.01. The maximum absolute atomic E-state index is 11.8. The Balaban J connectivity index is 1.90. The van der Waals surface area contributed by atoms with Crippen molar-refractivity contribution >= 4 is 18.2 Å². The number of hydrogen-bond acceptors (Lipinski definition) is 5. The van der Waals surface area contributed by atoms with Gasteiger partial charge in [0.2, 0.25) is 0 Å². The SMILES string of the molecule is CCCCCCCCCCCCCCOC(=O)C[C@]1(C=O)COC(=O)C1. The number of aldehydes is 1. The standard InChI is InChI=1S/C21H36O5/c1-2-3-4-5-6-7-8-9-10-11-12-13-14-25-19(23)15-21(17-22)16-20(24)26-18-21/h17H,2-16,18H2,1H3/t21-/m0/s1. The van der Waals surface area contributed by atoms with Gasteiger partial charge in [-0.05, 0) is 6.42 Å². The number of cyclic esters (lactones) is 1. The third-order valence-electron chi connectivity index (χ3n) is 5.02. The highest BCUT2D eigenvalue weighted by Crippen LogP contribution is 2.31. The molecule has 26 heavy (non-hydrogen) atoms. The van der Waals surface area contributed by atoms with Crippen molar-refractivity contribution in [1.29, 1.82) is 0 Å². The van der Waals surface area contributed by atoms with Crippen molar-refractivity contribution in [2.45, 2.75) is 96.8 Å². The lowest BCUT2D eigenvalue weighted by Gasteiger charge is -2.16. The Morgan fingerprint density at radius 1 is 1.00 bits per heavy atom. The first kappa shape index (κ1) is 22.7. The molecule has 5 heteroatoms. The number of carbonyl (C=O) groups excluding carboxylic acids is 3. The van der Waals surface area contributed by atoms with E-state index >= 15 is 0 Å². The predicted octanol–water partition coefficient (Wildman–Crippen LogP) is 4.75. The van der Waals surface area contributed by atoms with E-state index in [-0.39, 0.29) is 19.4 Å². The molecule has 0 aliphatic carbocycles. The van der Waals surface area contributed by atoms with Gasteiger partial charge in [-0.25, -0.2) is 0 Å². The molecule has 1 fully saturated rings. The van der Waals surface area contributed by atoms with E-state index in [0.717, 1.165) is 12.8 Å². The maximum Gasteiger partial charge on any atom is 0.306 e. The Morgan fingerprint density at radius 2 is 1.54 bits per heavy atom. The van der Waals surface area contributed by atoms with Gasteiger partial charge in [-0.15, -0.1) is 0 Å². The quantitative estimate of drug-likeness (QED) is 0.223. The van der Waals surface area contributed by atoms with Crippen LogP contribution in [0.3, 0.4) is 0 Å². The third kappa shape index (κ3) is 9.93. The van der Waals surface area contributed by atoms with Gasteiger partial charge in [0.15, 0.2) is 0 Å². The minimum atomic E-state index is -1.01. The average molecular weight is 369 g/mol. The molecule has 0 aromatic carbocycles. The number of unbranched alkanes of at least 4 members (excludes halogenated alkanes) is 11. The first-order valence-electron chi connectivity index (χ1n) is 10.4. The highest BCUT2D eigenvalue weighted by atomic mass is 16.5. The van der Waals surface area contributed by atoms with Gasteiger partial charge in [0.25, 0.3) is 0 Å². The second kappa shape index (κ2) is 13.8. The van der Waals surface area contributed by atoms with Crippen molar-refractivity contribution < 1.29 is 23.9 Å². The van der Waals surface area contributed by atoms with Crippen molar-refractivity contribution in [3.05, 3.63) is 0 Å². The molecule has 1 aliphatic rings. The number of ether oxygens (including phenoxy) is 2. The fourth-order valence-electron chi connectivity index (χ4n) is 3.31. The van der Waals surface area contributed by atoms with Gasteiger partial charge in [0.1, 0.15) is 12.9 Å². The summed E-state index contributed by atoms with van der Waals surface area (Å²) in [6.07, 6.45) is 15.7. The Hall–Kier alpha value is -1.39. The van der Waals surface area contributed by atoms with Crippen molar-refractivity contribution in [2.24, 2.45) is 5.41 Å². The van der Waals surface area contributed by atoms with Gasteiger partial charge in [-0.3, -0.25) is 9.59 Å². The van der Waals surface area contributed by atoms with Crippen molar-refractivity contribution in [3.8, 4) is 0 Å². The zero-order valence-electron chi connectivity index (χ0n) is 16.4. The Bertz CT molecular complexity index is 421. The number of rotatable bonds is 16. The molecule has 0 radical (unpaired) electrons. The van der Waals surface area contributed by atoms with E-state index in [0.29, 0.717) is 12.9 Å². The van der Waals surface area contributed by atoms with Crippen molar-refractivity contribution in [2.75, 3.05) is 13.2 Å². The Labute approximate surface area is 158 Å². The molecule has 1 aliphatic heterocycles. The highest BCUT2D eigenvalue weighted by molar-refractivity contribution is 5.84. The molecule has 0 unspecified atom stereocenters. The van der Waals surface area contributed by atoms with Crippen molar-refractivity contribution in [3.63, 3.8) is 0 Å². The lowest BCUT2D eigenvalue weighted by atomic mass is 9.85. The molecule has 5 nitrogen and oxygen atoms in total. The molecule has 1 heterocycles. The lowest BCUT2D eigenvalue weighted by Crippen LogP contribution is -2.27. The lowest BCUT2D eigenvalue weighted by molar-refractivity contribution is -0.148. The van der Waals surface area contributed by atoms with Gasteiger partial charge in [0.05, 0.1) is 24.9 Å². The minimum absolute atomic E-state index is 0.0109. The molecule has 0 spiro atoms. The first-order valence-corrected chi connectivity index (χ1v) is 10.4. The zero-order valence-corrected chi connectivity index (χ0v) is 16.4. The normalized spacial score (nSPS) is 19.3. The molecule has 0 saturated carbocycles. The Morgan fingerprint density at radius 3 is 2.00 bits per heavy atom. The fourth-order valence-corrected chi connectivity index (χ4v) is 3.31. The molecule has 0 aromatic heterocycles. The van der Waals surface area contributed by atoms with E-state index in [4.69, 9.17) is 9.47 Å². The van der Waals surface area contributed by atoms with Crippen LogP contribution in [0.25, 0.3) is 0 Å². The summed E-state index contributed by atoms with van der Waals surface area (Å²) in [5, 5.41) is 0. The molecule has 1 atom stereocenters. The Kier molecular flexibility index (Phi) is 12.0. The van der Waals surface area contributed by atoms with Crippen molar-refractivity contribution in [1.82, 2.24) is 0 Å². The summed E-state index contributed by atoms with van der Waals surface area (Å²) < 4.78 is 10.00. The molecular formula is C21H36O5. The van der Waals surface area contributed by atoms with Crippen LogP contribution >= 0.6 is 0 Å². The summed E-state index contributed by atoms with van der Waals surface area (Å²) in [5.74, 6) is -0.843. The highest BCUT2D eigenvalue weighted by Gasteiger charge is 2.42. The van der Waals surface area contributed by atoms with Crippen LogP contribution in [-0.4, -0.2) is 31.4 Å². The molecule has 0 aromatic rings. The van der Waals surface area contributed by atoms with Crippen LogP contribution in [0.5, 0.6) is 0 Å². The fraction of sp³-hybridized carbons (Fsp3) is 0.857. The topological polar surface area (TPSA) is 69.7 Å². The summed E-state index contributed by atoms with van der Waals surface area (Å²) in [7, 11) is 0. The summed E-state index contributed by atoms with van der Waals surface area (Å²) in [6.45, 7) is 2.62. The number of esters is 2. The molecular weight excluding hydrogens is 332 g/mol. The molecule has 0 bridgehead atoms. The van der Waals surface area contributed by atoms with Crippen LogP contribution in [-0.2, 0) is 23.9 Å². The minimum Gasteiger partial charge on any atom is -0.466 e. The number of hydrogen-bond donors (Lipinski definition) is 0. The number of carbonyl (C=O) groups is 3. The van der Waals surface area contributed by atoms with Gasteiger partial charge in [-0.2, -0.15) is 0 Å². The van der Waals surface area contributed by atoms with Gasteiger partial charge < -0.3 is 14.3 Å². The van der Waals surface area contributed by atoms with Crippen LogP contribution in [0.4, 0.5) is 0 Å². The maximum atomic E-state index is 11.8. The summed E-state index contributed by atoms with van der Waals surface area (Å²) in [4.78, 5) is 34.1. The van der Waals surface area contributed by atoms with Crippen LogP contribution in [0.2, 0.25) is 0 Å². The van der Waals surface area contributed by atoms with Crippen LogP contribution < -0.4 is 0 Å². The van der Waals surface area contributed by atoms with E-state index in [1.807, 2.05) is 0 Å². The molecule has 0 N–H and O–H groups in total. The molecule has 1 rings (SSSR count). The monoisotopic (exact) mass is 368 g/mol. The van der Waals surface area contributed by atoms with Gasteiger partial charge in [0, 0.05) is 0 Å². The largest absolute Gasteiger partial charge is 0.466 e. The smallest absolute Gasteiger partial charge is 0.306 e. The van der Waals surface area contributed by atoms with E-state index < -0.39 is 17.4 Å². The average Bonchev–Trinajstić information content (AvgIpc) is 3.00. The van der Waals surface area contributed by atoms with Gasteiger partial charge in [-0.1, -0.05) is 77.6 Å². The summed E-state index contributed by atoms with van der Waals surface area (Å²) in [6, 6.07) is 0. The van der Waals surface area contributed by atoms with E-state index in [1.54, 1.807) is 0 Å². The molecule has 0 amide bonds. The van der Waals surface area contributed by atoms with Crippen LogP contribution in [0.1, 0.15) is 96.8 Å². The second-order valence-corrected chi connectivity index (χ2v) is 7.60. The summed E-state index contributed by atoms with van der Waals surface area (Å²) >= 11 is 0. The predicted molar refractivity (Wildman–Crippen MR) is 101 cm³/mol. The zero-order chi connectivity index (χ0) is 19.1. The second-order valence-electron chi connectivity index (χ2n) is 7.60. The third-order valence-corrected chi connectivity index (χ3v) is 5.02. The van der Waals surface area contributed by atoms with E-state index in [9.17, 15) is 14.4 Å². The van der Waals surface area contributed by atoms with Crippen LogP contribution in [0.15, 0.2) is 0 Å². The molecule has 1 saturated heterocycles. The first-order chi connectivity index (χ1) is 12.6. The van der Waals surface area contributed by atoms with Crippen LogP contribution in [0, 0.1) is 5.41 Å². The van der Waals surface area contributed by atoms with Gasteiger partial charge >= 0.3 is 11.9 Å².